The van der Waals surface area contributed by atoms with Gasteiger partial charge in [-0.05, 0) is 98.9 Å². The molecule has 0 radical (unpaired) electrons. The largest absolute Gasteiger partial charge is 0.354 e. The van der Waals surface area contributed by atoms with E-state index in [0.717, 1.165) is 26.5 Å². The summed E-state index contributed by atoms with van der Waals surface area (Å²) in [5, 5.41) is 5.17. The highest BCUT2D eigenvalue weighted by atomic mass is 15.2. The average molecular weight is 687 g/mol. The Labute approximate surface area is 315 Å². The topological polar surface area (TPSA) is 19.0 Å². The monoisotopic (exact) mass is 686 g/mol. The second-order valence-electron chi connectivity index (χ2n) is 15.9. The van der Waals surface area contributed by atoms with Crippen molar-refractivity contribution in [3.63, 3.8) is 0 Å². The molecule has 0 saturated carbocycles. The minimum atomic E-state index is -0.348. The van der Waals surface area contributed by atoms with Crippen LogP contribution in [0.5, 0.6) is 0 Å². The SMILES string of the molecule is B1c2cccc3c2N(c2ccccc2C32C3=CC=CCC3c3ccccc32)c2c1c(-c1cccc3c1[nH]c1cc4c(cc13)C=CCC4)cc1ccccc21. The van der Waals surface area contributed by atoms with Gasteiger partial charge in [0.25, 0.3) is 0 Å². The molecule has 54 heavy (non-hydrogen) atoms. The Morgan fingerprint density at radius 1 is 0.685 bits per heavy atom. The fourth-order valence-corrected chi connectivity index (χ4v) is 11.3. The highest BCUT2D eigenvalue weighted by Gasteiger charge is 2.55. The van der Waals surface area contributed by atoms with E-state index in [0.29, 0.717) is 5.92 Å². The molecular weight excluding hydrogens is 651 g/mol. The van der Waals surface area contributed by atoms with Crippen molar-refractivity contribution < 1.29 is 0 Å². The molecule has 13 rings (SSSR count). The molecule has 5 aliphatic rings. The third kappa shape index (κ3) is 3.53. The van der Waals surface area contributed by atoms with E-state index in [4.69, 9.17) is 0 Å². The molecule has 3 heteroatoms. The summed E-state index contributed by atoms with van der Waals surface area (Å²) < 4.78 is 0. The Bertz CT molecular complexity index is 3080. The van der Waals surface area contributed by atoms with Crippen LogP contribution in [0.3, 0.4) is 0 Å². The van der Waals surface area contributed by atoms with Gasteiger partial charge in [-0.25, -0.2) is 0 Å². The van der Waals surface area contributed by atoms with Crippen LogP contribution in [-0.4, -0.2) is 12.3 Å². The molecule has 2 unspecified atom stereocenters. The first kappa shape index (κ1) is 29.2. The van der Waals surface area contributed by atoms with Crippen LogP contribution in [0.2, 0.25) is 0 Å². The molecule has 1 aromatic heterocycles. The quantitative estimate of drug-likeness (QED) is 0.170. The Morgan fingerprint density at radius 2 is 1.52 bits per heavy atom. The predicted octanol–water partition coefficient (Wildman–Crippen LogP) is 10.9. The summed E-state index contributed by atoms with van der Waals surface area (Å²) >= 11 is 0. The number of rotatable bonds is 1. The van der Waals surface area contributed by atoms with Crippen molar-refractivity contribution in [1.82, 2.24) is 4.98 Å². The Kier molecular flexibility index (Phi) is 5.63. The lowest BCUT2D eigenvalue weighted by molar-refractivity contribution is 0.686. The van der Waals surface area contributed by atoms with Gasteiger partial charge in [0, 0.05) is 44.5 Å². The number of hydrogen-bond donors (Lipinski definition) is 1. The molecule has 7 aromatic carbocycles. The summed E-state index contributed by atoms with van der Waals surface area (Å²) in [6, 6.07) is 49.0. The number of anilines is 3. The summed E-state index contributed by atoms with van der Waals surface area (Å²) in [4.78, 5) is 6.61. The lowest BCUT2D eigenvalue weighted by Gasteiger charge is -2.49. The first-order valence-electron chi connectivity index (χ1n) is 19.6. The van der Waals surface area contributed by atoms with Gasteiger partial charge in [0.2, 0.25) is 0 Å². The lowest BCUT2D eigenvalue weighted by Crippen LogP contribution is -2.47. The van der Waals surface area contributed by atoms with Crippen molar-refractivity contribution in [2.45, 2.75) is 30.6 Å². The smallest absolute Gasteiger partial charge is 0.198 e. The number of para-hydroxylation sites is 3. The van der Waals surface area contributed by atoms with Gasteiger partial charge in [-0.1, -0.05) is 139 Å². The Balaban J connectivity index is 1.12. The molecule has 2 atom stereocenters. The van der Waals surface area contributed by atoms with Crippen LogP contribution in [0.25, 0.3) is 49.8 Å². The van der Waals surface area contributed by atoms with Crippen molar-refractivity contribution in [2.24, 2.45) is 0 Å². The molecule has 1 spiro atoms. The van der Waals surface area contributed by atoms with E-state index >= 15 is 0 Å². The number of aryl methyl sites for hydroxylation is 1. The third-order valence-corrected chi connectivity index (χ3v) is 13.4. The Hall–Kier alpha value is -6.32. The zero-order valence-electron chi connectivity index (χ0n) is 29.9. The third-order valence-electron chi connectivity index (χ3n) is 13.4. The minimum Gasteiger partial charge on any atom is -0.354 e. The van der Waals surface area contributed by atoms with Gasteiger partial charge in [-0.2, -0.15) is 0 Å². The standard InChI is InChI=1S/C51H35BN2/c1-2-14-31-29-45-38(27-30(31)13-1)36-19-11-20-37(48(36)53-45)39-28-32-15-3-4-16-33(32)49-47(39)52-44-25-12-24-43-50(44)54(49)46-26-10-9-23-42(46)51(43)40-21-7-5-17-34(40)35-18-6-8-22-41(35)51/h1,3-13,15-17,19-29,35,52-53H,2,14,18H2. The highest BCUT2D eigenvalue weighted by Crippen LogP contribution is 2.65. The number of H-pyrrole nitrogens is 1. The molecular formula is C51H35BN2. The Morgan fingerprint density at radius 3 is 2.50 bits per heavy atom. The second-order valence-corrected chi connectivity index (χ2v) is 15.9. The van der Waals surface area contributed by atoms with Crippen LogP contribution in [0, 0.1) is 0 Å². The first-order chi connectivity index (χ1) is 26.8. The van der Waals surface area contributed by atoms with E-state index in [-0.39, 0.29) is 5.41 Å². The summed E-state index contributed by atoms with van der Waals surface area (Å²) in [5.74, 6) is 0.378. The molecule has 252 valence electrons. The van der Waals surface area contributed by atoms with Crippen molar-refractivity contribution in [2.75, 3.05) is 4.90 Å². The number of nitrogens with one attached hydrogen (secondary N) is 1. The van der Waals surface area contributed by atoms with Gasteiger partial charge in [0.15, 0.2) is 7.28 Å². The summed E-state index contributed by atoms with van der Waals surface area (Å²) in [6.45, 7) is 0. The number of allylic oxidation sites excluding steroid dienone is 5. The van der Waals surface area contributed by atoms with E-state index in [2.05, 4.69) is 168 Å². The summed E-state index contributed by atoms with van der Waals surface area (Å²) in [5.41, 5.74) is 21.4. The van der Waals surface area contributed by atoms with Crippen molar-refractivity contribution in [3.05, 3.63) is 191 Å². The molecule has 8 aromatic rings. The fourth-order valence-electron chi connectivity index (χ4n) is 11.3. The number of aromatic nitrogens is 1. The van der Waals surface area contributed by atoms with Crippen molar-refractivity contribution in [1.29, 1.82) is 0 Å². The van der Waals surface area contributed by atoms with Gasteiger partial charge in [0.05, 0.1) is 16.6 Å². The second kappa shape index (κ2) is 10.4. The molecule has 0 amide bonds. The van der Waals surface area contributed by atoms with Crippen LogP contribution >= 0.6 is 0 Å². The van der Waals surface area contributed by atoms with Gasteiger partial charge in [-0.3, -0.25) is 0 Å². The van der Waals surface area contributed by atoms with Gasteiger partial charge >= 0.3 is 0 Å². The van der Waals surface area contributed by atoms with E-state index in [1.165, 1.54) is 111 Å². The number of benzene rings is 7. The first-order valence-corrected chi connectivity index (χ1v) is 19.6. The van der Waals surface area contributed by atoms with Crippen molar-refractivity contribution in [3.8, 4) is 11.1 Å². The number of aromatic amines is 1. The van der Waals surface area contributed by atoms with E-state index in [1.54, 1.807) is 0 Å². The lowest BCUT2D eigenvalue weighted by atomic mass is 9.54. The molecule has 1 N–H and O–H groups in total. The fraction of sp³-hybridized carbons (Fsp3) is 0.0980. The van der Waals surface area contributed by atoms with Gasteiger partial charge < -0.3 is 9.88 Å². The van der Waals surface area contributed by atoms with E-state index in [9.17, 15) is 0 Å². The van der Waals surface area contributed by atoms with E-state index in [1.807, 2.05) is 0 Å². The molecule has 3 heterocycles. The molecule has 0 fully saturated rings. The maximum Gasteiger partial charge on any atom is 0.198 e. The number of fused-ring (bicyclic) bond motifs is 17. The van der Waals surface area contributed by atoms with Crippen LogP contribution in [-0.2, 0) is 11.8 Å². The van der Waals surface area contributed by atoms with Gasteiger partial charge in [-0.15, -0.1) is 0 Å². The molecule has 3 aliphatic carbocycles. The molecule has 2 aliphatic heterocycles. The van der Waals surface area contributed by atoms with Gasteiger partial charge in [0.1, 0.15) is 0 Å². The van der Waals surface area contributed by atoms with Crippen LogP contribution < -0.4 is 15.8 Å². The maximum atomic E-state index is 3.95. The van der Waals surface area contributed by atoms with Crippen LogP contribution in [0.4, 0.5) is 17.1 Å². The highest BCUT2D eigenvalue weighted by molar-refractivity contribution is 6.74. The summed E-state index contributed by atoms with van der Waals surface area (Å²) in [7, 11) is 0.868. The van der Waals surface area contributed by atoms with E-state index < -0.39 is 0 Å². The number of hydrogen-bond acceptors (Lipinski definition) is 1. The predicted molar refractivity (Wildman–Crippen MR) is 228 cm³/mol. The minimum absolute atomic E-state index is 0.348. The molecule has 0 bridgehead atoms. The number of nitrogens with zero attached hydrogens (tertiary/aromatic N) is 1. The molecule has 0 saturated heterocycles. The van der Waals surface area contributed by atoms with Crippen molar-refractivity contribution >= 4 is 73.9 Å². The van der Waals surface area contributed by atoms with Crippen LogP contribution in [0.15, 0.2) is 157 Å². The summed E-state index contributed by atoms with van der Waals surface area (Å²) in [6.07, 6.45) is 15.0. The van der Waals surface area contributed by atoms with Crippen LogP contribution in [0.1, 0.15) is 52.1 Å². The maximum absolute atomic E-state index is 3.95. The normalized spacial score (nSPS) is 19.6. The zero-order chi connectivity index (χ0) is 35.1. The molecule has 2 nitrogen and oxygen atoms in total. The zero-order valence-corrected chi connectivity index (χ0v) is 29.9. The average Bonchev–Trinajstić information content (AvgIpc) is 3.74.